The molecular formula is C16H17N3O2S. The molecule has 0 aromatic heterocycles. The van der Waals surface area contributed by atoms with Crippen molar-refractivity contribution in [2.24, 2.45) is 10.7 Å². The summed E-state index contributed by atoms with van der Waals surface area (Å²) < 4.78 is 5.16. The van der Waals surface area contributed by atoms with Crippen LogP contribution in [0.25, 0.3) is 0 Å². The largest absolute Gasteiger partial charge is 0.418 e. The second kappa shape index (κ2) is 8.09. The topological polar surface area (TPSA) is 76.7 Å². The lowest BCUT2D eigenvalue weighted by molar-refractivity contribution is 0.206. The van der Waals surface area contributed by atoms with Crippen LogP contribution in [0.3, 0.4) is 0 Å². The average molecular weight is 315 g/mol. The van der Waals surface area contributed by atoms with Crippen molar-refractivity contribution in [3.8, 4) is 5.75 Å². The average Bonchev–Trinajstić information content (AvgIpc) is 2.96. The zero-order valence-electron chi connectivity index (χ0n) is 11.9. The number of amides is 1. The predicted octanol–water partition coefficient (Wildman–Crippen LogP) is 2.83. The van der Waals surface area contributed by atoms with E-state index in [0.717, 1.165) is 11.3 Å². The van der Waals surface area contributed by atoms with E-state index in [1.807, 2.05) is 12.1 Å². The van der Waals surface area contributed by atoms with Gasteiger partial charge in [0.05, 0.1) is 6.04 Å². The van der Waals surface area contributed by atoms with Crippen molar-refractivity contribution in [1.29, 1.82) is 0 Å². The molecule has 1 unspecified atom stereocenters. The molecular weight excluding hydrogens is 298 g/mol. The Kier molecular flexibility index (Phi) is 5.85. The van der Waals surface area contributed by atoms with E-state index in [-0.39, 0.29) is 6.04 Å². The van der Waals surface area contributed by atoms with Gasteiger partial charge in [0.15, 0.2) is 5.17 Å². The third kappa shape index (κ3) is 4.53. The van der Waals surface area contributed by atoms with Gasteiger partial charge >= 0.3 is 6.09 Å². The maximum atomic E-state index is 11.8. The van der Waals surface area contributed by atoms with Crippen LogP contribution in [0.2, 0.25) is 0 Å². The quantitative estimate of drug-likeness (QED) is 0.838. The van der Waals surface area contributed by atoms with E-state index in [9.17, 15) is 4.79 Å². The third-order valence-corrected chi connectivity index (χ3v) is 3.76. The molecule has 0 aliphatic carbocycles. The number of benzene rings is 1. The molecule has 1 aromatic rings. The Hall–Kier alpha value is -2.47. The molecule has 1 aliphatic rings. The lowest BCUT2D eigenvalue weighted by Crippen LogP contribution is -2.30. The van der Waals surface area contributed by atoms with E-state index in [0.29, 0.717) is 10.9 Å². The molecule has 0 saturated carbocycles. The molecule has 0 spiro atoms. The zero-order valence-corrected chi connectivity index (χ0v) is 12.8. The van der Waals surface area contributed by atoms with Gasteiger partial charge in [-0.15, -0.1) is 0 Å². The van der Waals surface area contributed by atoms with Gasteiger partial charge in [0.1, 0.15) is 5.75 Å². The number of hydrogen-bond acceptors (Lipinski definition) is 5. The van der Waals surface area contributed by atoms with Crippen LogP contribution < -0.4 is 15.8 Å². The molecule has 0 bridgehead atoms. The number of aliphatic imine (C=N–C) groups is 1. The van der Waals surface area contributed by atoms with Crippen molar-refractivity contribution in [1.82, 2.24) is 5.32 Å². The molecule has 114 valence electrons. The van der Waals surface area contributed by atoms with E-state index < -0.39 is 6.09 Å². The van der Waals surface area contributed by atoms with Crippen LogP contribution in [0.4, 0.5) is 4.79 Å². The Morgan fingerprint density at radius 1 is 1.45 bits per heavy atom. The minimum atomic E-state index is -0.554. The number of carbonyl (C=O) groups is 1. The summed E-state index contributed by atoms with van der Waals surface area (Å²) in [6.07, 6.45) is 6.22. The van der Waals surface area contributed by atoms with Gasteiger partial charge in [-0.2, -0.15) is 0 Å². The maximum absolute atomic E-state index is 11.8. The van der Waals surface area contributed by atoms with Gasteiger partial charge in [-0.25, -0.2) is 4.79 Å². The molecule has 6 heteroatoms. The summed E-state index contributed by atoms with van der Waals surface area (Å²) in [5.41, 5.74) is 6.37. The van der Waals surface area contributed by atoms with E-state index in [1.54, 1.807) is 36.4 Å². The molecule has 1 aromatic carbocycles. The molecule has 1 atom stereocenters. The Labute approximate surface area is 133 Å². The van der Waals surface area contributed by atoms with Crippen molar-refractivity contribution in [2.45, 2.75) is 6.04 Å². The Bertz CT molecular complexity index is 624. The Morgan fingerprint density at radius 3 is 2.91 bits per heavy atom. The molecule has 1 amide bonds. The molecule has 0 radical (unpaired) electrons. The van der Waals surface area contributed by atoms with Crippen LogP contribution >= 0.6 is 11.8 Å². The van der Waals surface area contributed by atoms with Crippen LogP contribution in [0.15, 0.2) is 71.9 Å². The summed E-state index contributed by atoms with van der Waals surface area (Å²) in [5.74, 6) is 1.21. The Balaban J connectivity index is 1.96. The van der Waals surface area contributed by atoms with Gasteiger partial charge in [0.2, 0.25) is 0 Å². The molecule has 22 heavy (non-hydrogen) atoms. The number of rotatable bonds is 4. The standard InChI is InChI=1S/C16H17N3O2S/c1-2-6-12(9-10-17)14-11-22-15(18-14)19-16(20)21-13-7-4-3-5-8-13/h2-10,14H,1,11,17H2,(H,18,19,20)/b10-9-,12-6+. The summed E-state index contributed by atoms with van der Waals surface area (Å²) >= 11 is 1.46. The number of nitrogens with zero attached hydrogens (tertiary/aromatic N) is 1. The number of carbonyl (C=O) groups excluding carboxylic acids is 1. The van der Waals surface area contributed by atoms with E-state index in [4.69, 9.17) is 10.5 Å². The number of ether oxygens (including phenoxy) is 1. The SMILES string of the molecule is C=C/C=C(\C=C/N)C1CSC(NC(=O)Oc2ccccc2)=N1. The minimum absolute atomic E-state index is 0.0603. The summed E-state index contributed by atoms with van der Waals surface area (Å²) in [4.78, 5) is 16.3. The van der Waals surface area contributed by atoms with Crippen LogP contribution in [0.5, 0.6) is 5.75 Å². The van der Waals surface area contributed by atoms with E-state index in [2.05, 4.69) is 16.9 Å². The predicted molar refractivity (Wildman–Crippen MR) is 90.9 cm³/mol. The fourth-order valence-corrected chi connectivity index (χ4v) is 2.79. The fraction of sp³-hybridized carbons (Fsp3) is 0.125. The lowest BCUT2D eigenvalue weighted by atomic mass is 10.1. The third-order valence-electron chi connectivity index (χ3n) is 2.80. The highest BCUT2D eigenvalue weighted by molar-refractivity contribution is 8.14. The first kappa shape index (κ1) is 15.9. The second-order valence-electron chi connectivity index (χ2n) is 4.35. The minimum Gasteiger partial charge on any atom is -0.410 e. The second-order valence-corrected chi connectivity index (χ2v) is 5.36. The number of para-hydroxylation sites is 1. The van der Waals surface area contributed by atoms with Gasteiger partial charge in [-0.05, 0) is 30.0 Å². The first-order valence-corrected chi connectivity index (χ1v) is 7.67. The summed E-state index contributed by atoms with van der Waals surface area (Å²) in [6, 6.07) is 8.81. The van der Waals surface area contributed by atoms with Crippen molar-refractivity contribution in [2.75, 3.05) is 5.75 Å². The first-order valence-electron chi connectivity index (χ1n) is 6.68. The summed E-state index contributed by atoms with van der Waals surface area (Å²) in [7, 11) is 0. The van der Waals surface area contributed by atoms with E-state index >= 15 is 0 Å². The summed E-state index contributed by atoms with van der Waals surface area (Å²) in [6.45, 7) is 3.67. The van der Waals surface area contributed by atoms with Crippen LogP contribution in [-0.4, -0.2) is 23.1 Å². The number of amidine groups is 1. The molecule has 0 saturated heterocycles. The van der Waals surface area contributed by atoms with Gasteiger partial charge in [-0.1, -0.05) is 48.7 Å². The number of nitrogens with one attached hydrogen (secondary N) is 1. The lowest BCUT2D eigenvalue weighted by Gasteiger charge is -2.06. The van der Waals surface area contributed by atoms with Gasteiger partial charge in [0.25, 0.3) is 0 Å². The molecule has 3 N–H and O–H groups in total. The monoisotopic (exact) mass is 315 g/mol. The number of thioether (sulfide) groups is 1. The molecule has 5 nitrogen and oxygen atoms in total. The van der Waals surface area contributed by atoms with Crippen molar-refractivity contribution in [3.05, 3.63) is 66.9 Å². The number of allylic oxidation sites excluding steroid dienone is 2. The Morgan fingerprint density at radius 2 is 2.23 bits per heavy atom. The van der Waals surface area contributed by atoms with Gasteiger partial charge in [0, 0.05) is 5.75 Å². The normalized spacial score (nSPS) is 18.1. The zero-order chi connectivity index (χ0) is 15.8. The fourth-order valence-electron chi connectivity index (χ4n) is 1.85. The number of hydrogen-bond donors (Lipinski definition) is 2. The van der Waals surface area contributed by atoms with Crippen LogP contribution in [0.1, 0.15) is 0 Å². The highest BCUT2D eigenvalue weighted by atomic mass is 32.2. The van der Waals surface area contributed by atoms with Crippen molar-refractivity contribution >= 4 is 23.0 Å². The summed E-state index contributed by atoms with van der Waals surface area (Å²) in [5, 5.41) is 3.17. The van der Waals surface area contributed by atoms with Crippen molar-refractivity contribution < 1.29 is 9.53 Å². The van der Waals surface area contributed by atoms with Crippen LogP contribution in [-0.2, 0) is 0 Å². The molecule has 0 fully saturated rings. The van der Waals surface area contributed by atoms with Crippen molar-refractivity contribution in [3.63, 3.8) is 0 Å². The number of nitrogens with two attached hydrogens (primary N) is 1. The van der Waals surface area contributed by atoms with Crippen LogP contribution in [0, 0.1) is 0 Å². The highest BCUT2D eigenvalue weighted by Gasteiger charge is 2.22. The molecule has 1 aliphatic heterocycles. The smallest absolute Gasteiger partial charge is 0.410 e. The van der Waals surface area contributed by atoms with Gasteiger partial charge < -0.3 is 10.5 Å². The highest BCUT2D eigenvalue weighted by Crippen LogP contribution is 2.23. The van der Waals surface area contributed by atoms with Gasteiger partial charge in [-0.3, -0.25) is 10.3 Å². The molecule has 2 rings (SSSR count). The van der Waals surface area contributed by atoms with E-state index in [1.165, 1.54) is 18.0 Å². The molecule has 1 heterocycles. The maximum Gasteiger partial charge on any atom is 0.418 e. The first-order chi connectivity index (χ1) is 10.7.